The third kappa shape index (κ3) is 3.99. The van der Waals surface area contributed by atoms with Crippen molar-refractivity contribution in [2.24, 2.45) is 17.8 Å². The number of nitrogens with zero attached hydrogens (tertiary/aromatic N) is 2. The molecule has 2 aromatic rings. The van der Waals surface area contributed by atoms with E-state index >= 15 is 0 Å². The second kappa shape index (κ2) is 8.56. The molecule has 4 bridgehead atoms. The summed E-state index contributed by atoms with van der Waals surface area (Å²) in [5, 5.41) is 4.90. The fourth-order valence-corrected chi connectivity index (χ4v) is 9.63. The van der Waals surface area contributed by atoms with E-state index < -0.39 is 0 Å². The van der Waals surface area contributed by atoms with Gasteiger partial charge in [0.2, 0.25) is 5.91 Å². The van der Waals surface area contributed by atoms with Gasteiger partial charge in [0.1, 0.15) is 4.83 Å². The van der Waals surface area contributed by atoms with Crippen molar-refractivity contribution in [1.82, 2.24) is 14.9 Å². The Kier molecular flexibility index (Phi) is 5.68. The molecule has 0 saturated heterocycles. The van der Waals surface area contributed by atoms with Gasteiger partial charge in [-0.25, -0.2) is 4.98 Å². The molecule has 176 valence electrons. The van der Waals surface area contributed by atoms with Gasteiger partial charge >= 0.3 is 0 Å². The van der Waals surface area contributed by atoms with Gasteiger partial charge in [-0.05, 0) is 87.5 Å². The zero-order valence-electron chi connectivity index (χ0n) is 19.2. The minimum absolute atomic E-state index is 0.0237. The van der Waals surface area contributed by atoms with E-state index in [2.05, 4.69) is 11.9 Å². The van der Waals surface area contributed by atoms with Gasteiger partial charge in [0, 0.05) is 17.0 Å². The number of thioether (sulfide) groups is 1. The summed E-state index contributed by atoms with van der Waals surface area (Å²) in [6.45, 7) is 4.27. The van der Waals surface area contributed by atoms with Gasteiger partial charge in [-0.1, -0.05) is 24.3 Å². The molecule has 33 heavy (non-hydrogen) atoms. The monoisotopic (exact) mass is 483 g/mol. The normalized spacial score (nSPS) is 30.2. The van der Waals surface area contributed by atoms with Crippen molar-refractivity contribution in [2.45, 2.75) is 87.9 Å². The minimum atomic E-state index is 0.0237. The average Bonchev–Trinajstić information content (AvgIpc) is 2.94. The number of aromatic nitrogens is 2. The molecule has 0 radical (unpaired) electrons. The summed E-state index contributed by atoms with van der Waals surface area (Å²) in [6.07, 6.45) is 14.9. The Bertz CT molecular complexity index is 1130. The molecule has 2 heterocycles. The molecule has 1 amide bonds. The maximum absolute atomic E-state index is 13.5. The average molecular weight is 484 g/mol. The van der Waals surface area contributed by atoms with Crippen LogP contribution in [0.5, 0.6) is 0 Å². The van der Waals surface area contributed by atoms with E-state index in [9.17, 15) is 9.59 Å². The Morgan fingerprint density at radius 3 is 2.55 bits per heavy atom. The second-order valence-corrected chi connectivity index (χ2v) is 12.9. The lowest BCUT2D eigenvalue weighted by atomic mass is 9.53. The first-order valence-electron chi connectivity index (χ1n) is 12.6. The number of thiophene rings is 1. The summed E-state index contributed by atoms with van der Waals surface area (Å²) in [5.41, 5.74) is 1.28. The van der Waals surface area contributed by atoms with Crippen LogP contribution in [-0.2, 0) is 24.2 Å². The van der Waals surface area contributed by atoms with Gasteiger partial charge in [0.15, 0.2) is 5.16 Å². The van der Waals surface area contributed by atoms with Crippen LogP contribution in [0.1, 0.15) is 68.2 Å². The SMILES string of the molecule is C=CCn1c(SCC(=O)NC23CC4CC(CC(C4)C2)C3)nc2sc3c(c2c1=O)CCCCC3. The van der Waals surface area contributed by atoms with Crippen molar-refractivity contribution < 1.29 is 4.79 Å². The highest BCUT2D eigenvalue weighted by molar-refractivity contribution is 7.99. The van der Waals surface area contributed by atoms with Crippen molar-refractivity contribution in [3.63, 3.8) is 0 Å². The Morgan fingerprint density at radius 2 is 1.85 bits per heavy atom. The molecule has 0 aromatic carbocycles. The highest BCUT2D eigenvalue weighted by Gasteiger charge is 2.51. The van der Waals surface area contributed by atoms with E-state index in [4.69, 9.17) is 4.98 Å². The Hall–Kier alpha value is -1.60. The Morgan fingerprint density at radius 1 is 1.15 bits per heavy atom. The predicted molar refractivity (Wildman–Crippen MR) is 135 cm³/mol. The van der Waals surface area contributed by atoms with Crippen molar-refractivity contribution in [3.8, 4) is 0 Å². The van der Waals surface area contributed by atoms with Crippen LogP contribution >= 0.6 is 23.1 Å². The molecule has 0 unspecified atom stereocenters. The van der Waals surface area contributed by atoms with Crippen LogP contribution in [0.2, 0.25) is 0 Å². The van der Waals surface area contributed by atoms with E-state index in [1.165, 1.54) is 54.3 Å². The highest BCUT2D eigenvalue weighted by atomic mass is 32.2. The summed E-state index contributed by atoms with van der Waals surface area (Å²) in [4.78, 5) is 33.6. The molecular formula is C26H33N3O2S2. The van der Waals surface area contributed by atoms with E-state index in [1.807, 2.05) is 0 Å². The largest absolute Gasteiger partial charge is 0.350 e. The van der Waals surface area contributed by atoms with Crippen LogP contribution < -0.4 is 10.9 Å². The fraction of sp³-hybridized carbons (Fsp3) is 0.654. The standard InChI is InChI=1S/C26H33N3O2S2/c1-2-8-29-24(31)22-19-6-4-3-5-7-20(19)33-23(22)27-25(29)32-15-21(30)28-26-12-16-9-17(13-26)11-18(10-16)14-26/h2,16-18H,1,3-15H2,(H,28,30). The van der Waals surface area contributed by atoms with Crippen molar-refractivity contribution in [2.75, 3.05) is 5.75 Å². The highest BCUT2D eigenvalue weighted by Crippen LogP contribution is 2.55. The van der Waals surface area contributed by atoms with Gasteiger partial charge in [0.05, 0.1) is 11.1 Å². The number of rotatable bonds is 6. The van der Waals surface area contributed by atoms with Crippen LogP contribution in [-0.4, -0.2) is 26.8 Å². The Labute approximate surface area is 203 Å². The number of nitrogens with one attached hydrogen (secondary N) is 1. The lowest BCUT2D eigenvalue weighted by Gasteiger charge is -2.56. The number of carbonyl (C=O) groups is 1. The van der Waals surface area contributed by atoms with Crippen molar-refractivity contribution >= 4 is 39.2 Å². The maximum Gasteiger partial charge on any atom is 0.263 e. The van der Waals surface area contributed by atoms with Crippen LogP contribution in [0, 0.1) is 17.8 Å². The number of aryl methyl sites for hydroxylation is 2. The van der Waals surface area contributed by atoms with E-state index in [1.54, 1.807) is 22.0 Å². The van der Waals surface area contributed by atoms with Crippen molar-refractivity contribution in [3.05, 3.63) is 33.4 Å². The number of allylic oxidation sites excluding steroid dienone is 1. The van der Waals surface area contributed by atoms with Crippen LogP contribution in [0.4, 0.5) is 0 Å². The van der Waals surface area contributed by atoms with Gasteiger partial charge in [-0.3, -0.25) is 14.2 Å². The summed E-state index contributed by atoms with van der Waals surface area (Å²) >= 11 is 3.08. The van der Waals surface area contributed by atoms with Gasteiger partial charge in [0.25, 0.3) is 5.56 Å². The molecule has 1 N–H and O–H groups in total. The summed E-state index contributed by atoms with van der Waals surface area (Å²) in [7, 11) is 0. The third-order valence-electron chi connectivity index (χ3n) is 8.38. The first-order chi connectivity index (χ1) is 16.0. The number of hydrogen-bond acceptors (Lipinski definition) is 5. The fourth-order valence-electron chi connectivity index (χ4n) is 7.52. The number of amides is 1. The predicted octanol–water partition coefficient (Wildman–Crippen LogP) is 5.09. The van der Waals surface area contributed by atoms with Crippen molar-refractivity contribution in [1.29, 1.82) is 0 Å². The second-order valence-electron chi connectivity index (χ2n) is 10.9. The first kappa shape index (κ1) is 21.9. The molecule has 5 nitrogen and oxygen atoms in total. The molecule has 4 fully saturated rings. The summed E-state index contributed by atoms with van der Waals surface area (Å²) in [5.74, 6) is 2.81. The number of fused-ring (bicyclic) bond motifs is 3. The minimum Gasteiger partial charge on any atom is -0.350 e. The Balaban J connectivity index is 1.23. The molecule has 4 saturated carbocycles. The molecule has 0 atom stereocenters. The summed E-state index contributed by atoms with van der Waals surface area (Å²) < 4.78 is 1.72. The molecule has 0 aliphatic heterocycles. The zero-order valence-corrected chi connectivity index (χ0v) is 20.9. The maximum atomic E-state index is 13.5. The molecule has 0 spiro atoms. The molecule has 5 aliphatic rings. The summed E-state index contributed by atoms with van der Waals surface area (Å²) in [6, 6.07) is 0. The van der Waals surface area contributed by atoms with Crippen LogP contribution in [0.25, 0.3) is 10.2 Å². The quantitative estimate of drug-likeness (QED) is 0.269. The molecule has 5 aliphatic carbocycles. The van der Waals surface area contributed by atoms with E-state index in [-0.39, 0.29) is 17.0 Å². The first-order valence-corrected chi connectivity index (χ1v) is 14.4. The van der Waals surface area contributed by atoms with E-state index in [0.717, 1.165) is 66.5 Å². The van der Waals surface area contributed by atoms with E-state index in [0.29, 0.717) is 17.5 Å². The number of hydrogen-bond donors (Lipinski definition) is 1. The van der Waals surface area contributed by atoms with Crippen LogP contribution in [0.3, 0.4) is 0 Å². The van der Waals surface area contributed by atoms with Gasteiger partial charge in [-0.2, -0.15) is 0 Å². The molecule has 2 aromatic heterocycles. The topological polar surface area (TPSA) is 64.0 Å². The zero-order chi connectivity index (χ0) is 22.6. The number of carbonyl (C=O) groups excluding carboxylic acids is 1. The van der Waals surface area contributed by atoms with Gasteiger partial charge < -0.3 is 5.32 Å². The molecule has 7 heteroatoms. The molecule has 7 rings (SSSR count). The third-order valence-corrected chi connectivity index (χ3v) is 10.5. The lowest BCUT2D eigenvalue weighted by Crippen LogP contribution is -2.60. The molecular weight excluding hydrogens is 450 g/mol. The lowest BCUT2D eigenvalue weighted by molar-refractivity contribution is -0.124. The smallest absolute Gasteiger partial charge is 0.263 e. The van der Waals surface area contributed by atoms with Gasteiger partial charge in [-0.15, -0.1) is 17.9 Å². The van der Waals surface area contributed by atoms with Crippen LogP contribution in [0.15, 0.2) is 22.6 Å².